The van der Waals surface area contributed by atoms with Crippen LogP contribution in [0.4, 0.5) is 13.2 Å². The normalized spacial score (nSPS) is 24.5. The molecule has 1 aromatic carbocycles. The summed E-state index contributed by atoms with van der Waals surface area (Å²) in [5.74, 6) is -1.84. The van der Waals surface area contributed by atoms with Crippen LogP contribution in [0.3, 0.4) is 0 Å². The van der Waals surface area contributed by atoms with Gasteiger partial charge in [0.2, 0.25) is 9.84 Å². The maximum absolute atomic E-state index is 13.3. The Morgan fingerprint density at radius 1 is 1.30 bits per heavy atom. The minimum Gasteiger partial charge on any atom is -0.480 e. The van der Waals surface area contributed by atoms with Gasteiger partial charge in [-0.25, -0.2) is 8.42 Å². The first-order valence-electron chi connectivity index (χ1n) is 8.83. The summed E-state index contributed by atoms with van der Waals surface area (Å²) < 4.78 is 65.0. The number of alkyl halides is 3. The number of hydrogen-bond acceptors (Lipinski definition) is 4. The molecule has 2 heterocycles. The van der Waals surface area contributed by atoms with E-state index in [9.17, 15) is 31.5 Å². The third-order valence-corrected chi connectivity index (χ3v) is 7.20. The zero-order valence-electron chi connectivity index (χ0n) is 15.4. The fraction of sp³-hybridized carbons (Fsp3) is 0.250. The summed E-state index contributed by atoms with van der Waals surface area (Å²) in [5, 5.41) is 10.7. The fourth-order valence-corrected chi connectivity index (χ4v) is 5.82. The summed E-state index contributed by atoms with van der Waals surface area (Å²) in [4.78, 5) is 12.8. The molecule has 2 aliphatic heterocycles. The summed E-state index contributed by atoms with van der Waals surface area (Å²) in [7, 11) is -3.75. The number of benzene rings is 1. The van der Waals surface area contributed by atoms with E-state index in [1.165, 1.54) is 29.2 Å². The van der Waals surface area contributed by atoms with Crippen molar-refractivity contribution in [3.05, 3.63) is 69.3 Å². The second-order valence-electron chi connectivity index (χ2n) is 7.23. The second kappa shape index (κ2) is 6.75. The van der Waals surface area contributed by atoms with Crippen molar-refractivity contribution in [2.24, 2.45) is 5.92 Å². The molecule has 0 spiro atoms. The number of carbonyl (C=O) groups is 1. The molecule has 4 rings (SSSR count). The number of nitrogens with zero attached hydrogens (tertiary/aromatic N) is 1. The summed E-state index contributed by atoms with van der Waals surface area (Å²) in [6.07, 6.45) is -1.29. The minimum atomic E-state index is -4.58. The van der Waals surface area contributed by atoms with Crippen LogP contribution >= 0.6 is 11.6 Å². The van der Waals surface area contributed by atoms with Gasteiger partial charge in [0.05, 0.1) is 16.5 Å². The van der Waals surface area contributed by atoms with E-state index in [0.717, 1.165) is 17.6 Å². The monoisotopic (exact) mass is 457 g/mol. The molecule has 0 saturated heterocycles. The molecule has 158 valence electrons. The number of aliphatic carboxylic acids is 1. The van der Waals surface area contributed by atoms with Gasteiger partial charge in [-0.2, -0.15) is 13.2 Å². The lowest BCUT2D eigenvalue weighted by Gasteiger charge is -2.30. The third-order valence-electron chi connectivity index (χ3n) is 5.45. The molecule has 10 heteroatoms. The van der Waals surface area contributed by atoms with Crippen molar-refractivity contribution >= 4 is 33.0 Å². The largest absolute Gasteiger partial charge is 0.480 e. The summed E-state index contributed by atoms with van der Waals surface area (Å²) >= 11 is 6.05. The highest BCUT2D eigenvalue weighted by Gasteiger charge is 2.45. The van der Waals surface area contributed by atoms with E-state index in [2.05, 4.69) is 0 Å². The molecule has 0 aromatic heterocycles. The van der Waals surface area contributed by atoms with E-state index in [0.29, 0.717) is 27.4 Å². The average molecular weight is 458 g/mol. The first-order valence-corrected chi connectivity index (χ1v) is 10.8. The lowest BCUT2D eigenvalue weighted by Crippen LogP contribution is -2.37. The molecule has 0 fully saturated rings. The van der Waals surface area contributed by atoms with E-state index in [1.807, 2.05) is 0 Å². The molecule has 1 aromatic rings. The highest BCUT2D eigenvalue weighted by Crippen LogP contribution is 2.49. The quantitative estimate of drug-likeness (QED) is 0.736. The third kappa shape index (κ3) is 3.26. The van der Waals surface area contributed by atoms with E-state index in [1.54, 1.807) is 6.92 Å². The number of allylic oxidation sites excluding steroid dienone is 4. The van der Waals surface area contributed by atoms with Gasteiger partial charge in [-0.1, -0.05) is 23.8 Å². The Morgan fingerprint density at radius 3 is 2.63 bits per heavy atom. The zero-order chi connectivity index (χ0) is 22.0. The van der Waals surface area contributed by atoms with E-state index in [4.69, 9.17) is 11.6 Å². The van der Waals surface area contributed by atoms with Crippen LogP contribution < -0.4 is 0 Å². The summed E-state index contributed by atoms with van der Waals surface area (Å²) in [6, 6.07) is 3.42. The Morgan fingerprint density at radius 2 is 2.00 bits per heavy atom. The number of rotatable bonds is 3. The Kier molecular flexibility index (Phi) is 4.66. The molecular formula is C20H15ClF3NO4S. The molecule has 2 unspecified atom stereocenters. The van der Waals surface area contributed by atoms with E-state index >= 15 is 0 Å². The fourth-order valence-electron chi connectivity index (χ4n) is 4.22. The lowest BCUT2D eigenvalue weighted by atomic mass is 9.83. The highest BCUT2D eigenvalue weighted by molar-refractivity contribution is 7.95. The molecule has 0 radical (unpaired) electrons. The molecule has 1 N–H and O–H groups in total. The first kappa shape index (κ1) is 20.7. The van der Waals surface area contributed by atoms with Crippen LogP contribution in [0.5, 0.6) is 0 Å². The molecule has 0 amide bonds. The van der Waals surface area contributed by atoms with Crippen molar-refractivity contribution in [1.82, 2.24) is 4.90 Å². The number of carboxylic acids is 1. The van der Waals surface area contributed by atoms with Gasteiger partial charge in [0.25, 0.3) is 0 Å². The summed E-state index contributed by atoms with van der Waals surface area (Å²) in [5.41, 5.74) is 0.684. The van der Waals surface area contributed by atoms with Gasteiger partial charge < -0.3 is 10.0 Å². The Balaban J connectivity index is 1.88. The molecular weight excluding hydrogens is 443 g/mol. The molecule has 1 aliphatic carbocycles. The topological polar surface area (TPSA) is 74.7 Å². The van der Waals surface area contributed by atoms with Gasteiger partial charge in [-0.3, -0.25) is 4.79 Å². The predicted octanol–water partition coefficient (Wildman–Crippen LogP) is 4.19. The van der Waals surface area contributed by atoms with Gasteiger partial charge in [-0.15, -0.1) is 0 Å². The standard InChI is InChI=1S/C20H15ClF3NO4S/c1-10-19(15-9-30(28,29)17-5-3-12(21)7-14(15)17)13-4-2-11(20(22,23)24)6-16(13)25(10)8-18(26)27/h2-7,9,13,16H,8H2,1H3,(H,26,27). The van der Waals surface area contributed by atoms with Crippen LogP contribution in [0, 0.1) is 5.92 Å². The van der Waals surface area contributed by atoms with Crippen LogP contribution in [-0.2, 0) is 14.6 Å². The van der Waals surface area contributed by atoms with Crippen molar-refractivity contribution < 1.29 is 31.5 Å². The average Bonchev–Trinajstić information content (AvgIpc) is 3.04. The molecule has 3 aliphatic rings. The Labute approximate surface area is 175 Å². The van der Waals surface area contributed by atoms with Crippen molar-refractivity contribution in [2.75, 3.05) is 6.54 Å². The molecule has 5 nitrogen and oxygen atoms in total. The Hall–Kier alpha value is -2.52. The molecule has 2 atom stereocenters. The number of fused-ring (bicyclic) bond motifs is 2. The number of sulfone groups is 1. The zero-order valence-corrected chi connectivity index (χ0v) is 17.0. The van der Waals surface area contributed by atoms with Crippen molar-refractivity contribution in [2.45, 2.75) is 24.0 Å². The first-order chi connectivity index (χ1) is 13.9. The summed E-state index contributed by atoms with van der Waals surface area (Å²) in [6.45, 7) is 1.07. The van der Waals surface area contributed by atoms with Gasteiger partial charge in [0.1, 0.15) is 6.54 Å². The molecule has 0 saturated carbocycles. The van der Waals surface area contributed by atoms with Crippen molar-refractivity contribution in [1.29, 1.82) is 0 Å². The van der Waals surface area contributed by atoms with Gasteiger partial charge in [0, 0.05) is 33.2 Å². The Bertz CT molecular complexity index is 1190. The van der Waals surface area contributed by atoms with Crippen LogP contribution in [0.1, 0.15) is 12.5 Å². The SMILES string of the molecule is CC1=C(C2=CS(=O)(=O)c3ccc(Cl)cc32)C2C=CC(C(F)(F)F)=CC2N1CC(=O)O. The second-order valence-corrected chi connectivity index (χ2v) is 9.43. The van der Waals surface area contributed by atoms with Gasteiger partial charge in [-0.05, 0) is 36.8 Å². The lowest BCUT2D eigenvalue weighted by molar-refractivity contribution is -0.138. The van der Waals surface area contributed by atoms with Crippen molar-refractivity contribution in [3.8, 4) is 0 Å². The highest BCUT2D eigenvalue weighted by atomic mass is 35.5. The number of hydrogen-bond donors (Lipinski definition) is 1. The van der Waals surface area contributed by atoms with Crippen LogP contribution in [0.15, 0.2) is 63.6 Å². The van der Waals surface area contributed by atoms with Crippen LogP contribution in [-0.4, -0.2) is 43.2 Å². The molecule has 0 bridgehead atoms. The van der Waals surface area contributed by atoms with Crippen LogP contribution in [0.2, 0.25) is 5.02 Å². The van der Waals surface area contributed by atoms with Crippen LogP contribution in [0.25, 0.3) is 5.57 Å². The molecule has 30 heavy (non-hydrogen) atoms. The number of carboxylic acid groups (broad SMARTS) is 1. The van der Waals surface area contributed by atoms with E-state index in [-0.39, 0.29) is 4.90 Å². The number of halogens is 4. The maximum atomic E-state index is 13.3. The minimum absolute atomic E-state index is 0.0572. The maximum Gasteiger partial charge on any atom is 0.416 e. The van der Waals surface area contributed by atoms with Gasteiger partial charge in [0.15, 0.2) is 0 Å². The predicted molar refractivity (Wildman–Crippen MR) is 104 cm³/mol. The smallest absolute Gasteiger partial charge is 0.416 e. The van der Waals surface area contributed by atoms with E-state index < -0.39 is 46.1 Å². The van der Waals surface area contributed by atoms with Gasteiger partial charge >= 0.3 is 12.1 Å². The van der Waals surface area contributed by atoms with Crippen molar-refractivity contribution in [3.63, 3.8) is 0 Å².